The van der Waals surface area contributed by atoms with Gasteiger partial charge in [-0.25, -0.2) is 9.59 Å². The van der Waals surface area contributed by atoms with Gasteiger partial charge < -0.3 is 15.2 Å². The van der Waals surface area contributed by atoms with Gasteiger partial charge in [-0.1, -0.05) is 41.9 Å². The molecular weight excluding hydrogens is 488 g/mol. The molecule has 0 fully saturated rings. The van der Waals surface area contributed by atoms with Gasteiger partial charge in [-0.2, -0.15) is 11.8 Å². The molecule has 0 rings (SSSR count). The van der Waals surface area contributed by atoms with Crippen LogP contribution in [0, 0.1) is 0 Å². The number of ether oxygens (including phenoxy) is 1. The Morgan fingerprint density at radius 3 is 2.08 bits per heavy atom. The zero-order valence-electron chi connectivity index (χ0n) is 24.5. The fraction of sp³-hybridized carbons (Fsp3) is 0.690. The van der Waals surface area contributed by atoms with Gasteiger partial charge in [0.25, 0.3) is 0 Å². The van der Waals surface area contributed by atoms with Gasteiger partial charge in [-0.05, 0) is 87.5 Å². The average molecular weight is 539 g/mol. The first-order valence-corrected chi connectivity index (χ1v) is 14.4. The number of nitrogens with zero attached hydrogens (tertiary/aromatic N) is 1. The van der Waals surface area contributed by atoms with E-state index in [4.69, 9.17) is 4.74 Å². The summed E-state index contributed by atoms with van der Waals surface area (Å²) in [6.45, 7) is 17.6. The number of carbonyl (C=O) groups excluding carboxylic acids is 2. The van der Waals surface area contributed by atoms with E-state index in [-0.39, 0.29) is 5.75 Å². The van der Waals surface area contributed by atoms with Crippen LogP contribution in [-0.2, 0) is 14.3 Å². The minimum atomic E-state index is -1.10. The molecule has 2 atom stereocenters. The van der Waals surface area contributed by atoms with Crippen molar-refractivity contribution in [3.05, 3.63) is 34.9 Å². The average Bonchev–Trinajstić information content (AvgIpc) is 2.77. The quantitative estimate of drug-likeness (QED) is 0.167. The molecular formula is C29H50N2O5S. The summed E-state index contributed by atoms with van der Waals surface area (Å²) in [5.74, 6) is -0.696. The fourth-order valence-corrected chi connectivity index (χ4v) is 4.34. The molecule has 0 heterocycles. The number of hydrogen-bond donors (Lipinski definition) is 2. The van der Waals surface area contributed by atoms with Gasteiger partial charge in [0.1, 0.15) is 17.7 Å². The Balaban J connectivity index is 4.77. The van der Waals surface area contributed by atoms with Crippen LogP contribution < -0.4 is 5.32 Å². The zero-order chi connectivity index (χ0) is 28.6. The van der Waals surface area contributed by atoms with E-state index in [9.17, 15) is 19.5 Å². The zero-order valence-corrected chi connectivity index (χ0v) is 25.3. The number of carboxylic acid groups (broad SMARTS) is 1. The number of carboxylic acids is 1. The predicted molar refractivity (Wildman–Crippen MR) is 155 cm³/mol. The molecule has 0 saturated carbocycles. The van der Waals surface area contributed by atoms with Crippen molar-refractivity contribution in [3.8, 4) is 0 Å². The van der Waals surface area contributed by atoms with E-state index in [1.165, 1.54) is 33.4 Å². The number of nitrogens with one attached hydrogen (secondary N) is 1. The van der Waals surface area contributed by atoms with Crippen LogP contribution >= 0.6 is 11.8 Å². The third-order valence-corrected chi connectivity index (χ3v) is 6.48. The van der Waals surface area contributed by atoms with E-state index in [1.54, 1.807) is 27.7 Å². The third-order valence-electron chi connectivity index (χ3n) is 5.51. The first kappa shape index (κ1) is 34.8. The molecule has 7 nitrogen and oxygen atoms in total. The summed E-state index contributed by atoms with van der Waals surface area (Å²) in [5.41, 5.74) is 3.32. The minimum Gasteiger partial charge on any atom is -0.480 e. The van der Waals surface area contributed by atoms with E-state index in [2.05, 4.69) is 51.2 Å². The first-order valence-electron chi connectivity index (χ1n) is 13.2. The van der Waals surface area contributed by atoms with Crippen LogP contribution in [0.3, 0.4) is 0 Å². The number of thioether (sulfide) groups is 1. The van der Waals surface area contributed by atoms with Crippen LogP contribution in [-0.4, -0.2) is 63.7 Å². The van der Waals surface area contributed by atoms with Crippen LogP contribution in [0.15, 0.2) is 34.9 Å². The maximum absolute atomic E-state index is 12.8. The molecule has 0 aliphatic carbocycles. The lowest BCUT2D eigenvalue weighted by Gasteiger charge is -2.31. The van der Waals surface area contributed by atoms with Crippen molar-refractivity contribution in [1.29, 1.82) is 0 Å². The summed E-state index contributed by atoms with van der Waals surface area (Å²) in [6.07, 6.45) is 10.8. The van der Waals surface area contributed by atoms with Crippen molar-refractivity contribution >= 4 is 29.7 Å². The summed E-state index contributed by atoms with van der Waals surface area (Å²) in [6, 6.07) is -1.88. The third kappa shape index (κ3) is 17.0. The first-order chi connectivity index (χ1) is 17.2. The highest BCUT2D eigenvalue weighted by atomic mass is 32.2. The Morgan fingerprint density at radius 2 is 1.57 bits per heavy atom. The Labute approximate surface area is 229 Å². The molecule has 0 saturated heterocycles. The molecule has 212 valence electrons. The number of amides is 2. The smallest absolute Gasteiger partial charge is 0.410 e. The van der Waals surface area contributed by atoms with Crippen molar-refractivity contribution in [2.45, 2.75) is 112 Å². The normalized spacial score (nSPS) is 14.0. The van der Waals surface area contributed by atoms with Gasteiger partial charge in [0.15, 0.2) is 0 Å². The second-order valence-electron chi connectivity index (χ2n) is 10.7. The van der Waals surface area contributed by atoms with E-state index >= 15 is 0 Å². The maximum atomic E-state index is 12.8. The Bertz CT molecular complexity index is 823. The molecule has 0 aromatic heterocycles. The van der Waals surface area contributed by atoms with Gasteiger partial charge in [0, 0.05) is 18.1 Å². The fourth-order valence-electron chi connectivity index (χ4n) is 3.34. The van der Waals surface area contributed by atoms with E-state index in [0.29, 0.717) is 18.7 Å². The predicted octanol–water partition coefficient (Wildman–Crippen LogP) is 6.74. The molecule has 2 amide bonds. The second-order valence-corrected chi connectivity index (χ2v) is 11.8. The van der Waals surface area contributed by atoms with Gasteiger partial charge in [0.05, 0.1) is 0 Å². The second kappa shape index (κ2) is 18.1. The van der Waals surface area contributed by atoms with Gasteiger partial charge >= 0.3 is 12.1 Å². The molecule has 2 N–H and O–H groups in total. The lowest BCUT2D eigenvalue weighted by molar-refractivity contribution is -0.141. The van der Waals surface area contributed by atoms with Gasteiger partial charge in [0.2, 0.25) is 5.91 Å². The van der Waals surface area contributed by atoms with Crippen molar-refractivity contribution in [1.82, 2.24) is 10.2 Å². The van der Waals surface area contributed by atoms with Crippen LogP contribution in [0.4, 0.5) is 4.79 Å². The van der Waals surface area contributed by atoms with E-state index in [1.807, 2.05) is 6.92 Å². The summed E-state index contributed by atoms with van der Waals surface area (Å²) in [4.78, 5) is 38.5. The van der Waals surface area contributed by atoms with Gasteiger partial charge in [-0.3, -0.25) is 9.69 Å². The summed E-state index contributed by atoms with van der Waals surface area (Å²) >= 11 is 1.46. The lowest BCUT2D eigenvalue weighted by Crippen LogP contribution is -2.53. The van der Waals surface area contributed by atoms with E-state index in [0.717, 1.165) is 25.7 Å². The number of aliphatic carboxylic acids is 1. The molecule has 8 heteroatoms. The molecule has 37 heavy (non-hydrogen) atoms. The maximum Gasteiger partial charge on any atom is 0.410 e. The summed E-state index contributed by atoms with van der Waals surface area (Å²) in [7, 11) is 0. The molecule has 1 unspecified atom stereocenters. The van der Waals surface area contributed by atoms with Crippen LogP contribution in [0.2, 0.25) is 0 Å². The Morgan fingerprint density at radius 1 is 1.00 bits per heavy atom. The number of allylic oxidation sites excluding steroid dienone is 5. The molecule has 0 aliphatic heterocycles. The lowest BCUT2D eigenvalue weighted by atomic mass is 10.1. The topological polar surface area (TPSA) is 95.9 Å². The molecule has 0 radical (unpaired) electrons. The highest BCUT2D eigenvalue weighted by Crippen LogP contribution is 2.15. The number of hydrogen-bond acceptors (Lipinski definition) is 5. The van der Waals surface area contributed by atoms with Crippen molar-refractivity contribution in [3.63, 3.8) is 0 Å². The van der Waals surface area contributed by atoms with Gasteiger partial charge in [-0.15, -0.1) is 0 Å². The van der Waals surface area contributed by atoms with E-state index < -0.39 is 35.7 Å². The number of carbonyl (C=O) groups is 3. The highest BCUT2D eigenvalue weighted by Gasteiger charge is 2.31. The summed E-state index contributed by atoms with van der Waals surface area (Å²) in [5, 5.41) is 12.2. The highest BCUT2D eigenvalue weighted by molar-refractivity contribution is 7.99. The largest absolute Gasteiger partial charge is 0.480 e. The molecule has 0 aromatic rings. The molecule has 0 bridgehead atoms. The molecule has 0 aromatic carbocycles. The molecule has 0 spiro atoms. The van der Waals surface area contributed by atoms with Crippen LogP contribution in [0.25, 0.3) is 0 Å². The van der Waals surface area contributed by atoms with Crippen LogP contribution in [0.5, 0.6) is 0 Å². The standard InChI is InChI=1S/C29H50N2O5S/c1-10-18-31(28(35)36-29(7,8)9)24(6)26(32)30-25(27(33)34)20-37-19-17-23(5)16-12-15-22(4)14-11-13-21(2)3/h13,15,17,24-25H,10-12,14,16,18-20H2,1-9H3,(H,30,32)(H,33,34)/b22-15+,23-17+/t24-,25?/m0/s1. The molecule has 0 aliphatic rings. The number of rotatable bonds is 16. The Kier molecular flexibility index (Phi) is 17.0. The SMILES string of the molecule is CCCN(C(=O)OC(C)(C)C)[C@@H](C)C(=O)NC(CSC/C=C(\C)CC/C=C(\C)CCC=C(C)C)C(=O)O. The van der Waals surface area contributed by atoms with Crippen LogP contribution in [0.1, 0.15) is 94.4 Å². The minimum absolute atomic E-state index is 0.237. The Hall–Kier alpha value is -2.22. The monoisotopic (exact) mass is 538 g/mol. The van der Waals surface area contributed by atoms with Crippen molar-refractivity contribution in [2.75, 3.05) is 18.1 Å². The summed E-state index contributed by atoms with van der Waals surface area (Å²) < 4.78 is 5.42. The van der Waals surface area contributed by atoms with Crippen molar-refractivity contribution < 1.29 is 24.2 Å². The van der Waals surface area contributed by atoms with Crippen molar-refractivity contribution in [2.24, 2.45) is 0 Å².